The van der Waals surface area contributed by atoms with Crippen molar-refractivity contribution >= 4 is 17.7 Å². The van der Waals surface area contributed by atoms with Crippen LogP contribution in [0.4, 0.5) is 5.69 Å². The molecule has 0 unspecified atom stereocenters. The molecule has 2 aromatic rings. The van der Waals surface area contributed by atoms with Gasteiger partial charge < -0.3 is 15.0 Å². The first kappa shape index (κ1) is 17.4. The van der Waals surface area contributed by atoms with Crippen LogP contribution in [0.2, 0.25) is 0 Å². The molecular formula is C23H24N2O2. The van der Waals surface area contributed by atoms with Crippen LogP contribution >= 0.6 is 0 Å². The number of hydrogen-bond acceptors (Lipinski definition) is 3. The number of fused-ring (bicyclic) bond motifs is 3. The number of anilines is 1. The molecule has 1 fully saturated rings. The summed E-state index contributed by atoms with van der Waals surface area (Å²) >= 11 is 0. The molecule has 0 bridgehead atoms. The van der Waals surface area contributed by atoms with Gasteiger partial charge in [-0.2, -0.15) is 0 Å². The van der Waals surface area contributed by atoms with E-state index in [1.54, 1.807) is 6.08 Å². The van der Waals surface area contributed by atoms with Gasteiger partial charge in [0.15, 0.2) is 0 Å². The predicted octanol–water partition coefficient (Wildman–Crippen LogP) is 3.89. The highest BCUT2D eigenvalue weighted by Crippen LogP contribution is 2.52. The molecule has 2 aliphatic rings. The maximum Gasteiger partial charge on any atom is 0.241 e. The first-order valence-electron chi connectivity index (χ1n) is 9.19. The van der Waals surface area contributed by atoms with Crippen LogP contribution in [0.5, 0.6) is 5.75 Å². The van der Waals surface area contributed by atoms with Crippen LogP contribution in [0, 0.1) is 0 Å². The third-order valence-electron chi connectivity index (χ3n) is 5.62. The van der Waals surface area contributed by atoms with Crippen LogP contribution in [-0.2, 0) is 10.2 Å². The van der Waals surface area contributed by atoms with E-state index in [9.17, 15) is 4.79 Å². The number of hydrogen-bond donors (Lipinski definition) is 1. The summed E-state index contributed by atoms with van der Waals surface area (Å²) in [6, 6.07) is 16.3. The molecule has 1 amide bonds. The second-order valence-corrected chi connectivity index (χ2v) is 7.55. The highest BCUT2D eigenvalue weighted by molar-refractivity contribution is 5.91. The zero-order valence-electron chi connectivity index (χ0n) is 15.7. The quantitative estimate of drug-likeness (QED) is 0.823. The van der Waals surface area contributed by atoms with Gasteiger partial charge >= 0.3 is 0 Å². The Hall–Kier alpha value is -3.01. The number of nitrogens with zero attached hydrogens (tertiary/aromatic N) is 1. The van der Waals surface area contributed by atoms with Crippen molar-refractivity contribution in [1.29, 1.82) is 0 Å². The molecule has 0 spiro atoms. The highest BCUT2D eigenvalue weighted by Gasteiger charge is 2.59. The van der Waals surface area contributed by atoms with Gasteiger partial charge in [-0.05, 0) is 35.4 Å². The van der Waals surface area contributed by atoms with Crippen LogP contribution in [0.3, 0.4) is 0 Å². The Balaban J connectivity index is 1.73. The Labute approximate surface area is 160 Å². The fourth-order valence-corrected chi connectivity index (χ4v) is 4.22. The summed E-state index contributed by atoms with van der Waals surface area (Å²) in [6.07, 6.45) is 5.91. The second kappa shape index (κ2) is 6.31. The summed E-state index contributed by atoms with van der Waals surface area (Å²) in [7, 11) is 0. The molecule has 27 heavy (non-hydrogen) atoms. The maximum atomic E-state index is 12.3. The lowest BCUT2D eigenvalue weighted by Crippen LogP contribution is -2.58. The van der Waals surface area contributed by atoms with E-state index in [4.69, 9.17) is 4.74 Å². The molecule has 4 nitrogen and oxygen atoms in total. The van der Waals surface area contributed by atoms with Crippen LogP contribution < -0.4 is 15.0 Å². The normalized spacial score (nSPS) is 22.4. The Bertz CT molecular complexity index is 931. The molecule has 0 aromatic heterocycles. The molecule has 1 atom stereocenters. The first-order chi connectivity index (χ1) is 13.0. The lowest BCUT2D eigenvalue weighted by atomic mass is 9.75. The Morgan fingerprint density at radius 2 is 2.04 bits per heavy atom. The van der Waals surface area contributed by atoms with Crippen molar-refractivity contribution in [2.75, 3.05) is 18.1 Å². The van der Waals surface area contributed by atoms with Gasteiger partial charge in [0.25, 0.3) is 0 Å². The summed E-state index contributed by atoms with van der Waals surface area (Å²) in [5, 5.41) is 3.24. The molecule has 0 radical (unpaired) electrons. The average Bonchev–Trinajstić information content (AvgIpc) is 3.10. The average molecular weight is 360 g/mol. The standard InChI is InChI=1S/C23H24N2O2/c1-4-14-27-18-9-7-8-17(15-18)12-13-23-22(2,3)19-10-5-6-11-20(19)25(23)16-21(26)24-23/h4-13,15H,1,14,16H2,2-3H3,(H,24,26)/t23-/m0/s1. The molecule has 2 aliphatic heterocycles. The van der Waals surface area contributed by atoms with E-state index >= 15 is 0 Å². The van der Waals surface area contributed by atoms with Gasteiger partial charge in [0.05, 0.1) is 6.54 Å². The molecule has 0 aliphatic carbocycles. The van der Waals surface area contributed by atoms with Crippen molar-refractivity contribution in [3.8, 4) is 5.75 Å². The van der Waals surface area contributed by atoms with Gasteiger partial charge in [-0.3, -0.25) is 4.79 Å². The number of ether oxygens (including phenoxy) is 1. The molecular weight excluding hydrogens is 336 g/mol. The predicted molar refractivity (Wildman–Crippen MR) is 109 cm³/mol. The fourth-order valence-electron chi connectivity index (χ4n) is 4.22. The molecule has 4 rings (SSSR count). The van der Waals surface area contributed by atoms with E-state index < -0.39 is 5.66 Å². The van der Waals surface area contributed by atoms with Gasteiger partial charge in [-0.15, -0.1) is 0 Å². The fraction of sp³-hybridized carbons (Fsp3) is 0.261. The number of amides is 1. The molecule has 2 aromatic carbocycles. The molecule has 4 heteroatoms. The minimum atomic E-state index is -0.578. The summed E-state index contributed by atoms with van der Waals surface area (Å²) in [6.45, 7) is 8.90. The van der Waals surface area contributed by atoms with Crippen molar-refractivity contribution in [1.82, 2.24) is 5.32 Å². The van der Waals surface area contributed by atoms with E-state index in [0.29, 0.717) is 13.2 Å². The van der Waals surface area contributed by atoms with E-state index in [0.717, 1.165) is 17.0 Å². The van der Waals surface area contributed by atoms with E-state index in [2.05, 4.69) is 61.0 Å². The lowest BCUT2D eigenvalue weighted by Gasteiger charge is -2.40. The van der Waals surface area contributed by atoms with Crippen LogP contribution in [-0.4, -0.2) is 24.7 Å². The summed E-state index contributed by atoms with van der Waals surface area (Å²) in [5.41, 5.74) is 2.56. The number of rotatable bonds is 5. The minimum Gasteiger partial charge on any atom is -0.490 e. The van der Waals surface area contributed by atoms with Crippen molar-refractivity contribution < 1.29 is 9.53 Å². The van der Waals surface area contributed by atoms with Crippen LogP contribution in [0.25, 0.3) is 6.08 Å². The lowest BCUT2D eigenvalue weighted by molar-refractivity contribution is -0.118. The number of benzene rings is 2. The zero-order chi connectivity index (χ0) is 19.1. The Morgan fingerprint density at radius 3 is 2.85 bits per heavy atom. The van der Waals surface area contributed by atoms with Crippen molar-refractivity contribution in [2.45, 2.75) is 24.9 Å². The smallest absolute Gasteiger partial charge is 0.241 e. The summed E-state index contributed by atoms with van der Waals surface area (Å²) in [4.78, 5) is 14.5. The number of nitrogens with one attached hydrogen (secondary N) is 1. The molecule has 1 saturated heterocycles. The molecule has 138 valence electrons. The number of para-hydroxylation sites is 1. The van der Waals surface area contributed by atoms with E-state index in [1.165, 1.54) is 5.56 Å². The minimum absolute atomic E-state index is 0.0466. The van der Waals surface area contributed by atoms with Crippen molar-refractivity contribution in [3.05, 3.63) is 78.4 Å². The summed E-state index contributed by atoms with van der Waals surface area (Å²) in [5.74, 6) is 0.848. The van der Waals surface area contributed by atoms with E-state index in [1.807, 2.05) is 30.3 Å². The van der Waals surface area contributed by atoms with Gasteiger partial charge in [0, 0.05) is 11.1 Å². The molecule has 0 saturated carbocycles. The number of carbonyl (C=O) groups excluding carboxylic acids is 1. The Morgan fingerprint density at radius 1 is 1.22 bits per heavy atom. The summed E-state index contributed by atoms with van der Waals surface area (Å²) < 4.78 is 5.63. The van der Waals surface area contributed by atoms with Gasteiger partial charge in [0.2, 0.25) is 5.91 Å². The maximum absolute atomic E-state index is 12.3. The monoisotopic (exact) mass is 360 g/mol. The largest absolute Gasteiger partial charge is 0.490 e. The van der Waals surface area contributed by atoms with Crippen LogP contribution in [0.15, 0.2) is 67.3 Å². The zero-order valence-corrected chi connectivity index (χ0v) is 15.7. The third kappa shape index (κ3) is 2.64. The van der Waals surface area contributed by atoms with Gasteiger partial charge in [-0.1, -0.05) is 62.9 Å². The van der Waals surface area contributed by atoms with Crippen molar-refractivity contribution in [2.24, 2.45) is 0 Å². The topological polar surface area (TPSA) is 41.6 Å². The van der Waals surface area contributed by atoms with Gasteiger partial charge in [0.1, 0.15) is 18.0 Å². The van der Waals surface area contributed by atoms with Crippen molar-refractivity contribution in [3.63, 3.8) is 0 Å². The first-order valence-corrected chi connectivity index (χ1v) is 9.19. The number of carbonyl (C=O) groups is 1. The van der Waals surface area contributed by atoms with Crippen LogP contribution in [0.1, 0.15) is 25.0 Å². The van der Waals surface area contributed by atoms with Gasteiger partial charge in [-0.25, -0.2) is 0 Å². The second-order valence-electron chi connectivity index (χ2n) is 7.55. The SMILES string of the molecule is C=CCOc1cccc(C=C[C@]23NC(=O)CN2c2ccccc2C3(C)C)c1. The molecule has 1 N–H and O–H groups in total. The Kier molecular flexibility index (Phi) is 4.06. The highest BCUT2D eigenvalue weighted by atomic mass is 16.5. The molecule has 2 heterocycles. The third-order valence-corrected chi connectivity index (χ3v) is 5.62. The van der Waals surface area contributed by atoms with E-state index in [-0.39, 0.29) is 11.3 Å².